The van der Waals surface area contributed by atoms with Crippen molar-refractivity contribution in [2.75, 3.05) is 0 Å². The lowest BCUT2D eigenvalue weighted by Crippen LogP contribution is -1.98. The number of nitrogens with zero attached hydrogens (tertiary/aromatic N) is 1. The third-order valence-corrected chi connectivity index (χ3v) is 2.53. The lowest BCUT2D eigenvalue weighted by Gasteiger charge is -2.12. The Morgan fingerprint density at radius 1 is 1.07 bits per heavy atom. The number of hydrogen-bond donors (Lipinski definition) is 1. The summed E-state index contributed by atoms with van der Waals surface area (Å²) in [6, 6.07) is 13.2. The molecule has 76 valence electrons. The minimum absolute atomic E-state index is 0.118. The van der Waals surface area contributed by atoms with Gasteiger partial charge in [-0.15, -0.1) is 0 Å². The molecule has 2 heteroatoms. The second-order valence-corrected chi connectivity index (χ2v) is 3.54. The maximum atomic E-state index is 9.71. The first kappa shape index (κ1) is 9.71. The van der Waals surface area contributed by atoms with Gasteiger partial charge >= 0.3 is 0 Å². The van der Waals surface area contributed by atoms with Crippen molar-refractivity contribution in [3.63, 3.8) is 0 Å². The summed E-state index contributed by atoms with van der Waals surface area (Å²) >= 11 is 0. The molecule has 0 bridgehead atoms. The van der Waals surface area contributed by atoms with Gasteiger partial charge in [0.1, 0.15) is 5.75 Å². The van der Waals surface area contributed by atoms with Crippen molar-refractivity contribution >= 4 is 0 Å². The molecule has 2 nitrogen and oxygen atoms in total. The molecular weight excluding hydrogens is 186 g/mol. The Balaban J connectivity index is 2.37. The van der Waals surface area contributed by atoms with Crippen LogP contribution in [-0.4, -0.2) is 10.1 Å². The van der Waals surface area contributed by atoms with E-state index in [2.05, 4.69) is 4.98 Å². The largest absolute Gasteiger partial charge is 0.508 e. The van der Waals surface area contributed by atoms with Crippen LogP contribution < -0.4 is 0 Å². The van der Waals surface area contributed by atoms with Gasteiger partial charge in [0.25, 0.3) is 0 Å². The zero-order chi connectivity index (χ0) is 10.7. The predicted octanol–water partition coefficient (Wildman–Crippen LogP) is 2.94. The second kappa shape index (κ2) is 4.13. The Kier molecular flexibility index (Phi) is 2.68. The van der Waals surface area contributed by atoms with Gasteiger partial charge in [-0.05, 0) is 18.2 Å². The number of hydrogen-bond acceptors (Lipinski definition) is 2. The molecule has 0 radical (unpaired) electrons. The molecule has 0 aliphatic heterocycles. The lowest BCUT2D eigenvalue weighted by molar-refractivity contribution is 0.465. The number of aromatic hydroxyl groups is 1. The van der Waals surface area contributed by atoms with Crippen LogP contribution in [0.2, 0.25) is 0 Å². The number of rotatable bonds is 2. The highest BCUT2D eigenvalue weighted by Gasteiger charge is 2.12. The molecule has 0 spiro atoms. The van der Waals surface area contributed by atoms with Crippen molar-refractivity contribution in [3.05, 3.63) is 59.9 Å². The summed E-state index contributed by atoms with van der Waals surface area (Å²) in [5.74, 6) is 0.447. The Morgan fingerprint density at radius 2 is 1.80 bits per heavy atom. The Morgan fingerprint density at radius 3 is 2.47 bits per heavy atom. The molecule has 0 amide bonds. The predicted molar refractivity (Wildman–Crippen MR) is 59.9 cm³/mol. The molecule has 0 saturated heterocycles. The van der Waals surface area contributed by atoms with E-state index in [1.54, 1.807) is 12.3 Å². The minimum atomic E-state index is 0.118. The van der Waals surface area contributed by atoms with E-state index in [9.17, 15) is 5.11 Å². The van der Waals surface area contributed by atoms with Gasteiger partial charge in [-0.3, -0.25) is 4.98 Å². The summed E-state index contributed by atoms with van der Waals surface area (Å²) < 4.78 is 0. The smallest absolute Gasteiger partial charge is 0.119 e. The van der Waals surface area contributed by atoms with E-state index in [4.69, 9.17) is 0 Å². The number of benzene rings is 1. The molecule has 1 N–H and O–H groups in total. The van der Waals surface area contributed by atoms with Crippen LogP contribution in [0.4, 0.5) is 0 Å². The van der Waals surface area contributed by atoms with Gasteiger partial charge in [-0.25, -0.2) is 0 Å². The highest BCUT2D eigenvalue weighted by molar-refractivity contribution is 5.38. The number of pyridine rings is 1. The summed E-state index contributed by atoms with van der Waals surface area (Å²) in [4.78, 5) is 4.29. The Hall–Kier alpha value is -1.83. The van der Waals surface area contributed by atoms with E-state index < -0.39 is 0 Å². The Labute approximate surface area is 89.2 Å². The molecule has 1 atom stereocenters. The van der Waals surface area contributed by atoms with E-state index in [1.807, 2.05) is 43.3 Å². The van der Waals surface area contributed by atoms with Crippen molar-refractivity contribution in [1.29, 1.82) is 0 Å². The van der Waals surface area contributed by atoms with Gasteiger partial charge in [0, 0.05) is 23.4 Å². The topological polar surface area (TPSA) is 33.1 Å². The highest BCUT2D eigenvalue weighted by atomic mass is 16.3. The van der Waals surface area contributed by atoms with Gasteiger partial charge in [0.05, 0.1) is 0 Å². The zero-order valence-electron chi connectivity index (χ0n) is 8.59. The van der Waals surface area contributed by atoms with Crippen molar-refractivity contribution in [1.82, 2.24) is 4.98 Å². The molecule has 2 aromatic rings. The highest BCUT2D eigenvalue weighted by Crippen LogP contribution is 2.28. The van der Waals surface area contributed by atoms with Crippen LogP contribution in [-0.2, 0) is 0 Å². The molecule has 1 aromatic heterocycles. The minimum Gasteiger partial charge on any atom is -0.508 e. The fourth-order valence-corrected chi connectivity index (χ4v) is 1.65. The fraction of sp³-hybridized carbons (Fsp3) is 0.154. The summed E-state index contributed by atoms with van der Waals surface area (Å²) in [6.07, 6.45) is 1.77. The monoisotopic (exact) mass is 199 g/mol. The normalized spacial score (nSPS) is 12.3. The van der Waals surface area contributed by atoms with Crippen LogP contribution in [0.1, 0.15) is 24.1 Å². The summed E-state index contributed by atoms with van der Waals surface area (Å²) in [7, 11) is 0. The first-order chi connectivity index (χ1) is 7.29. The number of phenolic OH excluding ortho intramolecular Hbond substituents is 1. The molecule has 0 saturated carbocycles. The first-order valence-electron chi connectivity index (χ1n) is 4.98. The van der Waals surface area contributed by atoms with E-state index >= 15 is 0 Å². The second-order valence-electron chi connectivity index (χ2n) is 3.54. The third kappa shape index (κ3) is 1.99. The molecule has 2 rings (SSSR count). The zero-order valence-corrected chi connectivity index (χ0v) is 8.59. The number of para-hydroxylation sites is 1. The molecule has 0 fully saturated rings. The van der Waals surface area contributed by atoms with E-state index in [0.29, 0.717) is 5.75 Å². The fourth-order valence-electron chi connectivity index (χ4n) is 1.65. The van der Waals surface area contributed by atoms with Crippen molar-refractivity contribution in [2.24, 2.45) is 0 Å². The third-order valence-electron chi connectivity index (χ3n) is 2.53. The van der Waals surface area contributed by atoms with Crippen LogP contribution in [0.3, 0.4) is 0 Å². The summed E-state index contributed by atoms with van der Waals surface area (Å²) in [5.41, 5.74) is 1.88. The quantitative estimate of drug-likeness (QED) is 0.806. The van der Waals surface area contributed by atoms with Gasteiger partial charge in [0.2, 0.25) is 0 Å². The molecule has 15 heavy (non-hydrogen) atoms. The van der Waals surface area contributed by atoms with Gasteiger partial charge < -0.3 is 5.11 Å². The molecule has 0 aliphatic carbocycles. The van der Waals surface area contributed by atoms with Gasteiger partial charge in [0.15, 0.2) is 0 Å². The molecule has 1 aromatic carbocycles. The molecule has 1 unspecified atom stereocenters. The average molecular weight is 199 g/mol. The molecular formula is C13H13NO. The summed E-state index contributed by atoms with van der Waals surface area (Å²) in [5, 5.41) is 9.71. The van der Waals surface area contributed by atoms with E-state index in [1.165, 1.54) is 0 Å². The Bertz CT molecular complexity index is 439. The molecule has 1 heterocycles. The SMILES string of the molecule is CC(c1ccccn1)c1ccccc1O. The van der Waals surface area contributed by atoms with Crippen LogP contribution in [0.5, 0.6) is 5.75 Å². The summed E-state index contributed by atoms with van der Waals surface area (Å²) in [6.45, 7) is 2.04. The van der Waals surface area contributed by atoms with Crippen molar-refractivity contribution in [2.45, 2.75) is 12.8 Å². The first-order valence-corrected chi connectivity index (χ1v) is 4.98. The molecule has 0 aliphatic rings. The average Bonchev–Trinajstić information content (AvgIpc) is 2.30. The van der Waals surface area contributed by atoms with E-state index in [0.717, 1.165) is 11.3 Å². The van der Waals surface area contributed by atoms with Gasteiger partial charge in [-0.1, -0.05) is 31.2 Å². The van der Waals surface area contributed by atoms with Crippen LogP contribution >= 0.6 is 0 Å². The maximum Gasteiger partial charge on any atom is 0.119 e. The standard InChI is InChI=1S/C13H13NO/c1-10(12-7-4-5-9-14-12)11-6-2-3-8-13(11)15/h2-10,15H,1H3. The van der Waals surface area contributed by atoms with Gasteiger partial charge in [-0.2, -0.15) is 0 Å². The van der Waals surface area contributed by atoms with Crippen LogP contribution in [0.15, 0.2) is 48.7 Å². The van der Waals surface area contributed by atoms with Crippen LogP contribution in [0.25, 0.3) is 0 Å². The van der Waals surface area contributed by atoms with Crippen molar-refractivity contribution in [3.8, 4) is 5.75 Å². The number of aromatic nitrogens is 1. The van der Waals surface area contributed by atoms with Crippen LogP contribution in [0, 0.1) is 0 Å². The maximum absolute atomic E-state index is 9.71. The van der Waals surface area contributed by atoms with Crippen molar-refractivity contribution < 1.29 is 5.11 Å². The lowest BCUT2D eigenvalue weighted by atomic mass is 9.96. The number of phenols is 1. The van der Waals surface area contributed by atoms with E-state index in [-0.39, 0.29) is 5.92 Å².